The highest BCUT2D eigenvalue weighted by Gasteiger charge is 2.29. The SMILES string of the molecule is COC(=O)/C=C1/SC(SCc2ccccc2)=C(C(=O)c2ccc(C)cc2)NC1=O. The summed E-state index contributed by atoms with van der Waals surface area (Å²) < 4.78 is 5.26. The molecule has 5 nitrogen and oxygen atoms in total. The van der Waals surface area contributed by atoms with Crippen LogP contribution in [-0.2, 0) is 20.1 Å². The molecule has 0 atom stereocenters. The lowest BCUT2D eigenvalue weighted by Gasteiger charge is -2.21. The van der Waals surface area contributed by atoms with Crippen LogP contribution in [0.1, 0.15) is 21.5 Å². The number of Topliss-reactive ketones (excluding diaryl/α,β-unsaturated/α-hetero) is 1. The lowest BCUT2D eigenvalue weighted by Crippen LogP contribution is -2.32. The summed E-state index contributed by atoms with van der Waals surface area (Å²) in [5.41, 5.74) is 2.85. The summed E-state index contributed by atoms with van der Waals surface area (Å²) in [5, 5.41) is 2.67. The van der Waals surface area contributed by atoms with E-state index in [1.807, 2.05) is 49.4 Å². The van der Waals surface area contributed by atoms with Crippen LogP contribution in [0, 0.1) is 6.92 Å². The van der Waals surface area contributed by atoms with Gasteiger partial charge >= 0.3 is 5.97 Å². The number of carbonyl (C=O) groups excluding carboxylic acids is 3. The molecule has 0 unspecified atom stereocenters. The lowest BCUT2D eigenvalue weighted by molar-refractivity contribution is -0.135. The van der Waals surface area contributed by atoms with Crippen molar-refractivity contribution in [3.8, 4) is 0 Å². The van der Waals surface area contributed by atoms with Crippen LogP contribution < -0.4 is 5.32 Å². The summed E-state index contributed by atoms with van der Waals surface area (Å²) in [7, 11) is 1.25. The van der Waals surface area contributed by atoms with E-state index in [1.54, 1.807) is 12.1 Å². The predicted octanol–water partition coefficient (Wildman–Crippen LogP) is 4.20. The molecular weight excluding hydrogens is 406 g/mol. The topological polar surface area (TPSA) is 72.5 Å². The van der Waals surface area contributed by atoms with Crippen molar-refractivity contribution in [2.75, 3.05) is 7.11 Å². The van der Waals surface area contributed by atoms with Gasteiger partial charge in [-0.15, -0.1) is 11.8 Å². The molecule has 1 aliphatic rings. The van der Waals surface area contributed by atoms with Crippen LogP contribution in [-0.4, -0.2) is 24.8 Å². The second-order valence-corrected chi connectivity index (χ2v) is 8.52. The molecule has 0 saturated heterocycles. The molecule has 0 bridgehead atoms. The van der Waals surface area contributed by atoms with Crippen LogP contribution in [0.25, 0.3) is 0 Å². The third-order valence-corrected chi connectivity index (χ3v) is 6.53. The minimum atomic E-state index is -0.622. The lowest BCUT2D eigenvalue weighted by atomic mass is 10.1. The smallest absolute Gasteiger partial charge is 0.331 e. The van der Waals surface area contributed by atoms with E-state index in [2.05, 4.69) is 10.1 Å². The molecule has 0 fully saturated rings. The molecule has 1 heterocycles. The van der Waals surface area contributed by atoms with Crippen molar-refractivity contribution in [1.82, 2.24) is 5.32 Å². The number of allylic oxidation sites excluding steroid dienone is 1. The number of hydrogen-bond donors (Lipinski definition) is 1. The molecule has 7 heteroatoms. The monoisotopic (exact) mass is 425 g/mol. The van der Waals surface area contributed by atoms with E-state index >= 15 is 0 Å². The highest BCUT2D eigenvalue weighted by atomic mass is 32.2. The van der Waals surface area contributed by atoms with Crippen LogP contribution in [0.15, 0.2) is 75.5 Å². The first kappa shape index (κ1) is 21.0. The first-order valence-electron chi connectivity index (χ1n) is 8.79. The van der Waals surface area contributed by atoms with Gasteiger partial charge in [0.2, 0.25) is 5.78 Å². The summed E-state index contributed by atoms with van der Waals surface area (Å²) in [6, 6.07) is 17.0. The van der Waals surface area contributed by atoms with E-state index in [9.17, 15) is 14.4 Å². The van der Waals surface area contributed by atoms with Crippen molar-refractivity contribution in [3.63, 3.8) is 0 Å². The summed E-state index contributed by atoms with van der Waals surface area (Å²) >= 11 is 2.55. The Hall–Kier alpha value is -2.77. The molecular formula is C22H19NO4S2. The zero-order chi connectivity index (χ0) is 20.8. The van der Waals surface area contributed by atoms with Gasteiger partial charge in [0.1, 0.15) is 5.70 Å². The number of esters is 1. The third kappa shape index (κ3) is 5.40. The summed E-state index contributed by atoms with van der Waals surface area (Å²) in [6.45, 7) is 1.94. The largest absolute Gasteiger partial charge is 0.466 e. The van der Waals surface area contributed by atoms with Crippen molar-refractivity contribution in [2.45, 2.75) is 12.7 Å². The number of methoxy groups -OCH3 is 1. The number of ether oxygens (including phenoxy) is 1. The molecule has 1 amide bonds. The van der Waals surface area contributed by atoms with Gasteiger partial charge in [0.25, 0.3) is 5.91 Å². The van der Waals surface area contributed by atoms with Crippen LogP contribution in [0.3, 0.4) is 0 Å². The van der Waals surface area contributed by atoms with Crippen LogP contribution in [0.5, 0.6) is 0 Å². The van der Waals surface area contributed by atoms with Crippen molar-refractivity contribution in [2.24, 2.45) is 0 Å². The zero-order valence-corrected chi connectivity index (χ0v) is 17.6. The molecule has 29 heavy (non-hydrogen) atoms. The molecule has 0 radical (unpaired) electrons. The number of nitrogens with one attached hydrogen (secondary N) is 1. The van der Waals surface area contributed by atoms with E-state index < -0.39 is 11.9 Å². The van der Waals surface area contributed by atoms with Gasteiger partial charge in [-0.3, -0.25) is 9.59 Å². The normalized spacial score (nSPS) is 15.2. The third-order valence-electron chi connectivity index (χ3n) is 4.07. The molecule has 0 aromatic heterocycles. The highest BCUT2D eigenvalue weighted by molar-refractivity contribution is 8.24. The van der Waals surface area contributed by atoms with Crippen LogP contribution >= 0.6 is 23.5 Å². The average molecular weight is 426 g/mol. The number of amides is 1. The van der Waals surface area contributed by atoms with E-state index in [-0.39, 0.29) is 16.4 Å². The summed E-state index contributed by atoms with van der Waals surface area (Å²) in [5.74, 6) is -0.767. The number of rotatable bonds is 6. The van der Waals surface area contributed by atoms with Gasteiger partial charge in [0.15, 0.2) is 0 Å². The molecule has 3 rings (SSSR count). The summed E-state index contributed by atoms with van der Waals surface area (Å²) in [6.07, 6.45) is 1.14. The standard InChI is InChI=1S/C22H19NO4S2/c1-14-8-10-16(11-9-14)20(25)19-22(28-13-15-6-4-3-5-7-15)29-17(21(26)23-19)12-18(24)27-2/h3-12H,13H2,1-2H3,(H,23,26)/b17-12+. The van der Waals surface area contributed by atoms with Gasteiger partial charge in [-0.2, -0.15) is 0 Å². The number of aryl methyl sites for hydroxylation is 1. The Morgan fingerprint density at radius 2 is 1.79 bits per heavy atom. The molecule has 0 aliphatic carbocycles. The minimum Gasteiger partial charge on any atom is -0.466 e. The van der Waals surface area contributed by atoms with Gasteiger partial charge < -0.3 is 10.1 Å². The van der Waals surface area contributed by atoms with E-state index in [1.165, 1.54) is 18.9 Å². The fourth-order valence-corrected chi connectivity index (χ4v) is 4.71. The van der Waals surface area contributed by atoms with E-state index in [0.717, 1.165) is 29.0 Å². The Morgan fingerprint density at radius 1 is 1.10 bits per heavy atom. The van der Waals surface area contributed by atoms with E-state index in [4.69, 9.17) is 0 Å². The Morgan fingerprint density at radius 3 is 2.45 bits per heavy atom. The number of hydrogen-bond acceptors (Lipinski definition) is 6. The van der Waals surface area contributed by atoms with Crippen molar-refractivity contribution in [1.29, 1.82) is 0 Å². The van der Waals surface area contributed by atoms with Crippen LogP contribution in [0.4, 0.5) is 0 Å². The number of benzene rings is 2. The first-order chi connectivity index (χ1) is 14.0. The Kier molecular flexibility index (Phi) is 6.95. The fraction of sp³-hybridized carbons (Fsp3) is 0.136. The van der Waals surface area contributed by atoms with Crippen molar-refractivity contribution >= 4 is 41.2 Å². The molecule has 2 aromatic carbocycles. The molecule has 0 saturated carbocycles. The zero-order valence-electron chi connectivity index (χ0n) is 15.9. The minimum absolute atomic E-state index is 0.188. The van der Waals surface area contributed by atoms with Crippen LogP contribution in [0.2, 0.25) is 0 Å². The first-order valence-corrected chi connectivity index (χ1v) is 10.6. The Labute approximate surface area is 177 Å². The number of ketones is 1. The van der Waals surface area contributed by atoms with Gasteiger partial charge in [-0.05, 0) is 12.5 Å². The Balaban J connectivity index is 1.94. The van der Waals surface area contributed by atoms with Gasteiger partial charge in [0, 0.05) is 17.4 Å². The molecule has 1 N–H and O–H groups in total. The number of thioether (sulfide) groups is 2. The average Bonchev–Trinajstić information content (AvgIpc) is 2.74. The maximum absolute atomic E-state index is 13.1. The second-order valence-electron chi connectivity index (χ2n) is 6.22. The van der Waals surface area contributed by atoms with Crippen molar-refractivity contribution < 1.29 is 19.1 Å². The molecule has 0 spiro atoms. The van der Waals surface area contributed by atoms with Gasteiger partial charge in [0.05, 0.1) is 16.3 Å². The maximum Gasteiger partial charge on any atom is 0.331 e. The molecule has 1 aliphatic heterocycles. The van der Waals surface area contributed by atoms with Crippen molar-refractivity contribution in [3.05, 3.63) is 92.2 Å². The highest BCUT2D eigenvalue weighted by Crippen LogP contribution is 2.41. The molecule has 2 aromatic rings. The van der Waals surface area contributed by atoms with Gasteiger partial charge in [-0.25, -0.2) is 4.79 Å². The quantitative estimate of drug-likeness (QED) is 0.425. The van der Waals surface area contributed by atoms with Gasteiger partial charge in [-0.1, -0.05) is 71.9 Å². The number of carbonyl (C=O) groups is 3. The molecule has 148 valence electrons. The fourth-order valence-electron chi connectivity index (χ4n) is 2.51. The maximum atomic E-state index is 13.1. The second kappa shape index (κ2) is 9.62. The predicted molar refractivity (Wildman–Crippen MR) is 116 cm³/mol. The van der Waals surface area contributed by atoms with E-state index in [0.29, 0.717) is 15.6 Å². The summed E-state index contributed by atoms with van der Waals surface area (Å²) in [4.78, 5) is 37.3. The Bertz CT molecular complexity index is 995.